The minimum atomic E-state index is -0.847. The van der Waals surface area contributed by atoms with Gasteiger partial charge < -0.3 is 20.4 Å². The normalized spacial score (nSPS) is 19.1. The first-order chi connectivity index (χ1) is 15.5. The number of benzene rings is 2. The number of halogens is 2. The summed E-state index contributed by atoms with van der Waals surface area (Å²) in [5.41, 5.74) is 1.42. The summed E-state index contributed by atoms with van der Waals surface area (Å²) in [4.78, 5) is 28.8. The molecule has 0 saturated carbocycles. The molecular formula is C24H28F2N4O2. The summed E-state index contributed by atoms with van der Waals surface area (Å²) in [6.45, 7) is 3.10. The van der Waals surface area contributed by atoms with Gasteiger partial charge in [0.1, 0.15) is 0 Å². The topological polar surface area (TPSA) is 64.7 Å². The molecule has 8 heteroatoms. The van der Waals surface area contributed by atoms with Crippen LogP contribution in [0.15, 0.2) is 48.5 Å². The van der Waals surface area contributed by atoms with E-state index in [-0.39, 0.29) is 23.8 Å². The van der Waals surface area contributed by atoms with Gasteiger partial charge in [-0.2, -0.15) is 0 Å². The number of rotatable bonds is 5. The summed E-state index contributed by atoms with van der Waals surface area (Å²) in [5, 5.41) is 5.93. The van der Waals surface area contributed by atoms with E-state index in [4.69, 9.17) is 0 Å². The lowest BCUT2D eigenvalue weighted by Gasteiger charge is -2.31. The van der Waals surface area contributed by atoms with Gasteiger partial charge in [0.05, 0.1) is 0 Å². The Morgan fingerprint density at radius 1 is 0.938 bits per heavy atom. The number of piperidine rings is 1. The van der Waals surface area contributed by atoms with Gasteiger partial charge in [-0.25, -0.2) is 13.6 Å². The summed E-state index contributed by atoms with van der Waals surface area (Å²) in [5.74, 6) is -1.49. The number of nitrogens with zero attached hydrogens (tertiary/aromatic N) is 2. The Kier molecular flexibility index (Phi) is 6.87. The van der Waals surface area contributed by atoms with Crippen LogP contribution in [0.4, 0.5) is 25.0 Å². The van der Waals surface area contributed by atoms with Crippen LogP contribution in [0.2, 0.25) is 0 Å². The van der Waals surface area contributed by atoms with Crippen molar-refractivity contribution in [3.63, 3.8) is 0 Å². The lowest BCUT2D eigenvalue weighted by Crippen LogP contribution is -2.45. The minimum absolute atomic E-state index is 0.0272. The van der Waals surface area contributed by atoms with Crippen molar-refractivity contribution in [1.82, 2.24) is 10.2 Å². The molecule has 0 aromatic heterocycles. The molecule has 2 saturated heterocycles. The molecule has 4 rings (SSSR count). The number of carbonyl (C=O) groups is 2. The highest BCUT2D eigenvalue weighted by atomic mass is 19.2. The number of urea groups is 1. The Morgan fingerprint density at radius 2 is 1.69 bits per heavy atom. The second-order valence-corrected chi connectivity index (χ2v) is 8.50. The summed E-state index contributed by atoms with van der Waals surface area (Å²) in [6, 6.07) is 13.1. The fourth-order valence-electron chi connectivity index (χ4n) is 4.37. The SMILES string of the molecule is O=C(NCC1CCN(c2ccc(F)c(F)c2)C1)C1CCN(C(=O)Nc2ccccc2)CC1. The van der Waals surface area contributed by atoms with Crippen LogP contribution in [0.5, 0.6) is 0 Å². The van der Waals surface area contributed by atoms with Gasteiger partial charge >= 0.3 is 6.03 Å². The lowest BCUT2D eigenvalue weighted by atomic mass is 9.95. The van der Waals surface area contributed by atoms with Crippen LogP contribution in [0.3, 0.4) is 0 Å². The molecular weight excluding hydrogens is 414 g/mol. The van der Waals surface area contributed by atoms with Crippen LogP contribution < -0.4 is 15.5 Å². The van der Waals surface area contributed by atoms with Crippen molar-refractivity contribution in [3.8, 4) is 0 Å². The molecule has 2 aliphatic heterocycles. The number of hydrogen-bond donors (Lipinski definition) is 2. The van der Waals surface area contributed by atoms with E-state index in [1.807, 2.05) is 35.2 Å². The first-order valence-electron chi connectivity index (χ1n) is 11.1. The van der Waals surface area contributed by atoms with E-state index in [2.05, 4.69) is 10.6 Å². The number of carbonyl (C=O) groups excluding carboxylic acids is 2. The van der Waals surface area contributed by atoms with E-state index in [1.165, 1.54) is 6.07 Å². The average Bonchev–Trinajstić information content (AvgIpc) is 3.29. The Bertz CT molecular complexity index is 948. The number of amides is 3. The lowest BCUT2D eigenvalue weighted by molar-refractivity contribution is -0.126. The number of para-hydroxylation sites is 1. The summed E-state index contributed by atoms with van der Waals surface area (Å²) in [6.07, 6.45) is 2.16. The van der Waals surface area contributed by atoms with Gasteiger partial charge in [-0.1, -0.05) is 18.2 Å². The van der Waals surface area contributed by atoms with E-state index in [1.54, 1.807) is 11.0 Å². The van der Waals surface area contributed by atoms with Crippen LogP contribution in [0.1, 0.15) is 19.3 Å². The van der Waals surface area contributed by atoms with Gasteiger partial charge in [-0.15, -0.1) is 0 Å². The molecule has 1 atom stereocenters. The summed E-state index contributed by atoms with van der Waals surface area (Å²) < 4.78 is 26.6. The zero-order valence-corrected chi connectivity index (χ0v) is 17.9. The zero-order chi connectivity index (χ0) is 22.5. The molecule has 0 bridgehead atoms. The zero-order valence-electron chi connectivity index (χ0n) is 17.9. The second-order valence-electron chi connectivity index (χ2n) is 8.50. The summed E-state index contributed by atoms with van der Waals surface area (Å²) >= 11 is 0. The molecule has 170 valence electrons. The first-order valence-corrected chi connectivity index (χ1v) is 11.1. The van der Waals surface area contributed by atoms with Crippen molar-refractivity contribution in [2.24, 2.45) is 11.8 Å². The third-order valence-corrected chi connectivity index (χ3v) is 6.30. The average molecular weight is 443 g/mol. The predicted molar refractivity (Wildman–Crippen MR) is 119 cm³/mol. The highest BCUT2D eigenvalue weighted by Crippen LogP contribution is 2.25. The molecule has 2 fully saturated rings. The van der Waals surface area contributed by atoms with Crippen molar-refractivity contribution in [2.45, 2.75) is 19.3 Å². The third kappa shape index (κ3) is 5.36. The molecule has 3 amide bonds. The smallest absolute Gasteiger partial charge is 0.321 e. The molecule has 0 spiro atoms. The standard InChI is InChI=1S/C24H28F2N4O2/c25-21-7-6-20(14-22(21)26)30-11-8-17(16-30)15-27-23(31)18-9-12-29(13-10-18)24(32)28-19-4-2-1-3-5-19/h1-7,14,17-18H,8-13,15-16H2,(H,27,31)(H,28,32). The van der Waals surface area contributed by atoms with E-state index in [0.717, 1.165) is 24.7 Å². The third-order valence-electron chi connectivity index (χ3n) is 6.30. The Labute approximate surface area is 186 Å². The van der Waals surface area contributed by atoms with E-state index >= 15 is 0 Å². The van der Waals surface area contributed by atoms with E-state index in [0.29, 0.717) is 44.7 Å². The molecule has 2 N–H and O–H groups in total. The van der Waals surface area contributed by atoms with Crippen LogP contribution in [-0.4, -0.2) is 49.6 Å². The molecule has 2 aliphatic rings. The van der Waals surface area contributed by atoms with Gasteiger partial charge in [0.15, 0.2) is 11.6 Å². The first kappa shape index (κ1) is 22.0. The van der Waals surface area contributed by atoms with Crippen molar-refractivity contribution in [3.05, 3.63) is 60.2 Å². The number of likely N-dealkylation sites (tertiary alicyclic amines) is 1. The maximum Gasteiger partial charge on any atom is 0.321 e. The fourth-order valence-corrected chi connectivity index (χ4v) is 4.37. The molecule has 0 radical (unpaired) electrons. The molecule has 2 heterocycles. The molecule has 2 aromatic carbocycles. The number of nitrogens with one attached hydrogen (secondary N) is 2. The Balaban J connectivity index is 1.18. The van der Waals surface area contributed by atoms with Crippen molar-refractivity contribution in [2.75, 3.05) is 42.9 Å². The maximum atomic E-state index is 13.5. The molecule has 32 heavy (non-hydrogen) atoms. The van der Waals surface area contributed by atoms with Crippen molar-refractivity contribution >= 4 is 23.3 Å². The summed E-state index contributed by atoms with van der Waals surface area (Å²) in [7, 11) is 0. The van der Waals surface area contributed by atoms with Gasteiger partial charge in [0.25, 0.3) is 0 Å². The number of hydrogen-bond acceptors (Lipinski definition) is 3. The minimum Gasteiger partial charge on any atom is -0.371 e. The largest absolute Gasteiger partial charge is 0.371 e. The van der Waals surface area contributed by atoms with E-state index < -0.39 is 11.6 Å². The van der Waals surface area contributed by atoms with Crippen molar-refractivity contribution in [1.29, 1.82) is 0 Å². The molecule has 2 aromatic rings. The molecule has 0 aliphatic carbocycles. The maximum absolute atomic E-state index is 13.5. The van der Waals surface area contributed by atoms with Crippen molar-refractivity contribution < 1.29 is 18.4 Å². The Morgan fingerprint density at radius 3 is 2.41 bits per heavy atom. The Hall–Kier alpha value is -3.16. The van der Waals surface area contributed by atoms with E-state index in [9.17, 15) is 18.4 Å². The number of anilines is 2. The van der Waals surface area contributed by atoms with Crippen LogP contribution in [0.25, 0.3) is 0 Å². The highest BCUT2D eigenvalue weighted by molar-refractivity contribution is 5.89. The van der Waals surface area contributed by atoms with Gasteiger partial charge in [0, 0.05) is 56.1 Å². The second kappa shape index (κ2) is 9.97. The fraction of sp³-hybridized carbons (Fsp3) is 0.417. The van der Waals surface area contributed by atoms with Gasteiger partial charge in [-0.05, 0) is 49.4 Å². The highest BCUT2D eigenvalue weighted by Gasteiger charge is 2.29. The van der Waals surface area contributed by atoms with Gasteiger partial charge in [0.2, 0.25) is 5.91 Å². The quantitative estimate of drug-likeness (QED) is 0.739. The predicted octanol–water partition coefficient (Wildman–Crippen LogP) is 3.85. The van der Waals surface area contributed by atoms with Crippen LogP contribution in [-0.2, 0) is 4.79 Å². The monoisotopic (exact) mass is 442 g/mol. The van der Waals surface area contributed by atoms with Gasteiger partial charge in [-0.3, -0.25) is 4.79 Å². The molecule has 6 nitrogen and oxygen atoms in total. The molecule has 1 unspecified atom stereocenters. The van der Waals surface area contributed by atoms with Crippen LogP contribution >= 0.6 is 0 Å². The van der Waals surface area contributed by atoms with Crippen LogP contribution in [0, 0.1) is 23.5 Å².